The number of benzene rings is 1. The number of ether oxygens (including phenoxy) is 1. The molecule has 23 heavy (non-hydrogen) atoms. The molecule has 0 spiro atoms. The molecule has 6 nitrogen and oxygen atoms in total. The fraction of sp³-hybridized carbons (Fsp3) is 0.412. The van der Waals surface area contributed by atoms with Crippen molar-refractivity contribution in [1.82, 2.24) is 15.2 Å². The van der Waals surface area contributed by atoms with Gasteiger partial charge in [0.05, 0.1) is 7.11 Å². The molecular weight excluding hydrogens is 294 g/mol. The lowest BCUT2D eigenvalue weighted by Gasteiger charge is -2.22. The molecule has 1 aliphatic heterocycles. The first-order valence-electron chi connectivity index (χ1n) is 7.88. The van der Waals surface area contributed by atoms with Gasteiger partial charge in [-0.25, -0.2) is 4.79 Å². The Morgan fingerprint density at radius 1 is 1.39 bits per heavy atom. The second kappa shape index (κ2) is 6.73. The van der Waals surface area contributed by atoms with E-state index in [0.717, 1.165) is 18.4 Å². The third-order valence-electron chi connectivity index (χ3n) is 4.33. The van der Waals surface area contributed by atoms with Gasteiger partial charge in [-0.3, -0.25) is 9.69 Å². The summed E-state index contributed by atoms with van der Waals surface area (Å²) in [6.07, 6.45) is 3.82. The number of aromatic amines is 1. The molecule has 0 saturated carbocycles. The first-order chi connectivity index (χ1) is 11.2. The summed E-state index contributed by atoms with van der Waals surface area (Å²) in [4.78, 5) is 28.7. The molecule has 3 rings (SSSR count). The lowest BCUT2D eigenvalue weighted by molar-refractivity contribution is -0.125. The van der Waals surface area contributed by atoms with Gasteiger partial charge in [-0.2, -0.15) is 0 Å². The smallest absolute Gasteiger partial charge is 0.410 e. The summed E-state index contributed by atoms with van der Waals surface area (Å²) in [6.45, 7) is 1.12. The first kappa shape index (κ1) is 15.4. The van der Waals surface area contributed by atoms with Crippen LogP contribution in [0, 0.1) is 0 Å². The van der Waals surface area contributed by atoms with Crippen molar-refractivity contribution in [1.29, 1.82) is 0 Å². The Balaban J connectivity index is 1.56. The number of hydrogen-bond donors (Lipinski definition) is 2. The van der Waals surface area contributed by atoms with Crippen LogP contribution in [0.2, 0.25) is 0 Å². The van der Waals surface area contributed by atoms with Crippen LogP contribution in [0.3, 0.4) is 0 Å². The Labute approximate surface area is 134 Å². The van der Waals surface area contributed by atoms with Crippen LogP contribution in [0.1, 0.15) is 18.4 Å². The number of methoxy groups -OCH3 is 1. The predicted molar refractivity (Wildman–Crippen MR) is 87.1 cm³/mol. The highest BCUT2D eigenvalue weighted by molar-refractivity contribution is 5.86. The minimum absolute atomic E-state index is 0.104. The van der Waals surface area contributed by atoms with E-state index in [4.69, 9.17) is 4.74 Å². The Kier molecular flexibility index (Phi) is 4.50. The molecule has 0 aliphatic carbocycles. The Morgan fingerprint density at radius 3 is 3.04 bits per heavy atom. The summed E-state index contributed by atoms with van der Waals surface area (Å²) in [5.74, 6) is -0.104. The molecule has 122 valence electrons. The summed E-state index contributed by atoms with van der Waals surface area (Å²) in [5.41, 5.74) is 2.28. The van der Waals surface area contributed by atoms with Gasteiger partial charge in [0.25, 0.3) is 0 Å². The maximum atomic E-state index is 12.3. The standard InChI is InChI=1S/C17H21N3O3/c1-23-17(22)20-10-4-7-15(20)16(21)18-9-8-12-11-19-14-6-3-2-5-13(12)14/h2-3,5-6,11,15,19H,4,7-10H2,1H3,(H,18,21). The lowest BCUT2D eigenvalue weighted by atomic mass is 10.1. The van der Waals surface area contributed by atoms with E-state index in [0.29, 0.717) is 19.5 Å². The zero-order valence-corrected chi connectivity index (χ0v) is 13.2. The number of rotatable bonds is 4. The van der Waals surface area contributed by atoms with Crippen molar-refractivity contribution >= 4 is 22.9 Å². The van der Waals surface area contributed by atoms with Crippen LogP contribution < -0.4 is 5.32 Å². The number of aromatic nitrogens is 1. The van der Waals surface area contributed by atoms with Crippen LogP contribution in [0.25, 0.3) is 10.9 Å². The third kappa shape index (κ3) is 3.16. The van der Waals surface area contributed by atoms with Gasteiger partial charge in [0.1, 0.15) is 6.04 Å². The lowest BCUT2D eigenvalue weighted by Crippen LogP contribution is -2.46. The fourth-order valence-electron chi connectivity index (χ4n) is 3.15. The maximum absolute atomic E-state index is 12.3. The Bertz CT molecular complexity index is 710. The number of carbonyl (C=O) groups is 2. The Morgan fingerprint density at radius 2 is 2.22 bits per heavy atom. The van der Waals surface area contributed by atoms with Gasteiger partial charge in [0.15, 0.2) is 0 Å². The highest BCUT2D eigenvalue weighted by atomic mass is 16.5. The highest BCUT2D eigenvalue weighted by Gasteiger charge is 2.34. The van der Waals surface area contributed by atoms with Crippen LogP contribution in [0.15, 0.2) is 30.5 Å². The molecule has 1 saturated heterocycles. The quantitative estimate of drug-likeness (QED) is 0.907. The second-order valence-electron chi connectivity index (χ2n) is 5.72. The van der Waals surface area contributed by atoms with Crippen molar-refractivity contribution < 1.29 is 14.3 Å². The van der Waals surface area contributed by atoms with Gasteiger partial charge in [-0.05, 0) is 30.9 Å². The van der Waals surface area contributed by atoms with Crippen LogP contribution in [-0.2, 0) is 16.0 Å². The van der Waals surface area contributed by atoms with Crippen molar-refractivity contribution in [3.63, 3.8) is 0 Å². The van der Waals surface area contributed by atoms with E-state index >= 15 is 0 Å². The maximum Gasteiger partial charge on any atom is 0.410 e. The largest absolute Gasteiger partial charge is 0.453 e. The predicted octanol–water partition coefficient (Wildman–Crippen LogP) is 2.06. The van der Waals surface area contributed by atoms with Crippen molar-refractivity contribution in [3.8, 4) is 0 Å². The summed E-state index contributed by atoms with van der Waals surface area (Å²) < 4.78 is 4.73. The number of nitrogens with one attached hydrogen (secondary N) is 2. The molecule has 6 heteroatoms. The molecular formula is C17H21N3O3. The van der Waals surface area contributed by atoms with Gasteiger partial charge < -0.3 is 15.0 Å². The van der Waals surface area contributed by atoms with E-state index in [2.05, 4.69) is 16.4 Å². The molecule has 2 N–H and O–H groups in total. The topological polar surface area (TPSA) is 74.4 Å². The molecule has 1 aromatic heterocycles. The number of nitrogens with zero attached hydrogens (tertiary/aromatic N) is 1. The van der Waals surface area contributed by atoms with Gasteiger partial charge in [-0.1, -0.05) is 18.2 Å². The number of amides is 2. The Hall–Kier alpha value is -2.50. The zero-order chi connectivity index (χ0) is 16.2. The summed E-state index contributed by atoms with van der Waals surface area (Å²) in [6, 6.07) is 7.69. The summed E-state index contributed by atoms with van der Waals surface area (Å²) in [7, 11) is 1.34. The molecule has 2 heterocycles. The average molecular weight is 315 g/mol. The van der Waals surface area contributed by atoms with E-state index in [1.807, 2.05) is 24.4 Å². The molecule has 0 bridgehead atoms. The zero-order valence-electron chi connectivity index (χ0n) is 13.2. The molecule has 1 unspecified atom stereocenters. The average Bonchev–Trinajstić information content (AvgIpc) is 3.21. The van der Waals surface area contributed by atoms with E-state index < -0.39 is 12.1 Å². The van der Waals surface area contributed by atoms with Crippen LogP contribution >= 0.6 is 0 Å². The van der Waals surface area contributed by atoms with Gasteiger partial charge >= 0.3 is 6.09 Å². The minimum Gasteiger partial charge on any atom is -0.453 e. The molecule has 1 aliphatic rings. The van der Waals surface area contributed by atoms with Crippen molar-refractivity contribution in [2.75, 3.05) is 20.2 Å². The van der Waals surface area contributed by atoms with Gasteiger partial charge in [-0.15, -0.1) is 0 Å². The highest BCUT2D eigenvalue weighted by Crippen LogP contribution is 2.19. The third-order valence-corrected chi connectivity index (χ3v) is 4.33. The molecule has 1 aromatic carbocycles. The monoisotopic (exact) mass is 315 g/mol. The number of likely N-dealkylation sites (tertiary alicyclic amines) is 1. The number of para-hydroxylation sites is 1. The van der Waals surface area contributed by atoms with E-state index in [1.165, 1.54) is 23.0 Å². The second-order valence-corrected chi connectivity index (χ2v) is 5.72. The van der Waals surface area contributed by atoms with E-state index in [1.54, 1.807) is 0 Å². The van der Waals surface area contributed by atoms with Crippen LogP contribution in [-0.4, -0.2) is 48.1 Å². The van der Waals surface area contributed by atoms with Gasteiger partial charge in [0.2, 0.25) is 5.91 Å². The van der Waals surface area contributed by atoms with E-state index in [-0.39, 0.29) is 5.91 Å². The number of hydrogen-bond acceptors (Lipinski definition) is 3. The summed E-state index contributed by atoms with van der Waals surface area (Å²) in [5, 5.41) is 4.11. The van der Waals surface area contributed by atoms with Crippen LogP contribution in [0.5, 0.6) is 0 Å². The van der Waals surface area contributed by atoms with E-state index in [9.17, 15) is 9.59 Å². The molecule has 1 fully saturated rings. The first-order valence-corrected chi connectivity index (χ1v) is 7.88. The SMILES string of the molecule is COC(=O)N1CCCC1C(=O)NCCc1c[nH]c2ccccc12. The molecule has 0 radical (unpaired) electrons. The van der Waals surface area contributed by atoms with Crippen molar-refractivity contribution in [2.45, 2.75) is 25.3 Å². The molecule has 2 aromatic rings. The molecule has 1 atom stereocenters. The number of fused-ring (bicyclic) bond motifs is 1. The minimum atomic E-state index is -0.431. The van der Waals surface area contributed by atoms with Gasteiger partial charge in [0, 0.05) is 30.2 Å². The molecule has 2 amide bonds. The fourth-order valence-corrected chi connectivity index (χ4v) is 3.15. The van der Waals surface area contributed by atoms with Crippen molar-refractivity contribution in [3.05, 3.63) is 36.0 Å². The summed E-state index contributed by atoms with van der Waals surface area (Å²) >= 11 is 0. The van der Waals surface area contributed by atoms with Crippen LogP contribution in [0.4, 0.5) is 4.79 Å². The normalized spacial score (nSPS) is 17.4. The van der Waals surface area contributed by atoms with Crippen molar-refractivity contribution in [2.24, 2.45) is 0 Å². The number of carbonyl (C=O) groups excluding carboxylic acids is 2. The number of H-pyrrole nitrogens is 1.